The highest BCUT2D eigenvalue weighted by atomic mass is 16.7. The van der Waals surface area contributed by atoms with Gasteiger partial charge in [0.1, 0.15) is 0 Å². The van der Waals surface area contributed by atoms with E-state index in [0.29, 0.717) is 22.7 Å². The smallest absolute Gasteiger partial charge is 0.169 e. The molecule has 6 nitrogen and oxygen atoms in total. The van der Waals surface area contributed by atoms with Crippen LogP contribution in [0.2, 0.25) is 0 Å². The number of fused-ring (bicyclic) bond motifs is 3. The first-order chi connectivity index (χ1) is 16.2. The second-order valence-corrected chi connectivity index (χ2v) is 13.5. The van der Waals surface area contributed by atoms with Crippen LogP contribution >= 0.6 is 0 Å². The molecule has 0 radical (unpaired) electrons. The molecule has 7 aliphatic rings. The summed E-state index contributed by atoms with van der Waals surface area (Å²) in [6, 6.07) is -0.0836. The number of hydrogen-bond donors (Lipinski definition) is 1. The van der Waals surface area contributed by atoms with Crippen molar-refractivity contribution in [2.24, 2.45) is 40.2 Å². The van der Waals surface area contributed by atoms with E-state index in [9.17, 15) is 0 Å². The van der Waals surface area contributed by atoms with E-state index in [-0.39, 0.29) is 42.0 Å². The molecule has 3 aliphatic heterocycles. The van der Waals surface area contributed by atoms with Gasteiger partial charge in [-0.05, 0) is 94.8 Å². The first-order valence-electron chi connectivity index (χ1n) is 14.2. The monoisotopic (exact) mass is 475 g/mol. The molecule has 0 amide bonds. The molecule has 3 saturated heterocycles. The van der Waals surface area contributed by atoms with Gasteiger partial charge in [-0.3, -0.25) is 0 Å². The molecule has 1 spiro atoms. The third-order valence-electron chi connectivity index (χ3n) is 12.5. The van der Waals surface area contributed by atoms with Gasteiger partial charge >= 0.3 is 0 Å². The van der Waals surface area contributed by atoms with Crippen molar-refractivity contribution in [2.45, 2.75) is 127 Å². The van der Waals surface area contributed by atoms with Gasteiger partial charge in [-0.1, -0.05) is 6.92 Å². The average molecular weight is 476 g/mol. The zero-order valence-corrected chi connectivity index (χ0v) is 21.6. The Morgan fingerprint density at radius 1 is 0.941 bits per heavy atom. The molecule has 6 heteroatoms. The van der Waals surface area contributed by atoms with E-state index in [1.165, 1.54) is 51.4 Å². The molecule has 7 fully saturated rings. The second-order valence-electron chi connectivity index (χ2n) is 13.5. The minimum absolute atomic E-state index is 0.00896. The van der Waals surface area contributed by atoms with Crippen LogP contribution in [0.1, 0.15) is 85.0 Å². The first kappa shape index (κ1) is 22.9. The lowest BCUT2D eigenvalue weighted by atomic mass is 9.43. The number of hydrogen-bond acceptors (Lipinski definition) is 6. The lowest BCUT2D eigenvalue weighted by molar-refractivity contribution is -0.333. The summed E-state index contributed by atoms with van der Waals surface area (Å²) in [5.41, 5.74) is 7.07. The van der Waals surface area contributed by atoms with Crippen LogP contribution in [0.15, 0.2) is 0 Å². The van der Waals surface area contributed by atoms with Crippen molar-refractivity contribution < 1.29 is 23.7 Å². The van der Waals surface area contributed by atoms with Crippen molar-refractivity contribution >= 4 is 0 Å². The van der Waals surface area contributed by atoms with Gasteiger partial charge in [0, 0.05) is 24.9 Å². The van der Waals surface area contributed by atoms with E-state index >= 15 is 0 Å². The molecular weight excluding hydrogens is 430 g/mol. The van der Waals surface area contributed by atoms with Crippen molar-refractivity contribution in [3.63, 3.8) is 0 Å². The van der Waals surface area contributed by atoms with Crippen LogP contribution in [-0.2, 0) is 23.7 Å². The van der Waals surface area contributed by atoms with Crippen LogP contribution in [0.3, 0.4) is 0 Å². The Labute approximate surface area is 204 Å². The van der Waals surface area contributed by atoms with Gasteiger partial charge in [-0.25, -0.2) is 0 Å². The SMILES string of the molecule is CO[C@@H]1C[C@@H](O[C@H]2CC[C@]3(C)[C@@H](CC[C@@H]4[C@H]3CC[C@@]35CO[C@@]6(C)O[C@@]43CC[C@H]65)C2)O[C@@H](C)[C@@H]1N. The van der Waals surface area contributed by atoms with Crippen molar-refractivity contribution in [1.82, 2.24) is 0 Å². The lowest BCUT2D eigenvalue weighted by Crippen LogP contribution is -2.64. The Morgan fingerprint density at radius 2 is 1.79 bits per heavy atom. The van der Waals surface area contributed by atoms with Crippen LogP contribution < -0.4 is 5.73 Å². The largest absolute Gasteiger partial charge is 0.380 e. The van der Waals surface area contributed by atoms with Crippen molar-refractivity contribution in [3.05, 3.63) is 0 Å². The Balaban J connectivity index is 1.07. The molecule has 4 aliphatic carbocycles. The number of ether oxygens (including phenoxy) is 5. The molecule has 0 unspecified atom stereocenters. The number of nitrogens with two attached hydrogens (primary N) is 1. The Morgan fingerprint density at radius 3 is 2.62 bits per heavy atom. The maximum absolute atomic E-state index is 7.00. The van der Waals surface area contributed by atoms with Crippen molar-refractivity contribution in [2.75, 3.05) is 13.7 Å². The number of rotatable bonds is 3. The molecule has 13 atom stereocenters. The molecule has 4 bridgehead atoms. The summed E-state index contributed by atoms with van der Waals surface area (Å²) in [7, 11) is 1.75. The van der Waals surface area contributed by atoms with Crippen molar-refractivity contribution in [3.8, 4) is 0 Å². The van der Waals surface area contributed by atoms with Gasteiger partial charge in [-0.15, -0.1) is 0 Å². The average Bonchev–Trinajstić information content (AvgIpc) is 3.38. The van der Waals surface area contributed by atoms with Crippen LogP contribution in [0.4, 0.5) is 0 Å². The van der Waals surface area contributed by atoms with Gasteiger partial charge in [0.05, 0.1) is 36.6 Å². The zero-order chi connectivity index (χ0) is 23.5. The molecule has 0 aromatic heterocycles. The van der Waals surface area contributed by atoms with E-state index in [1.807, 2.05) is 6.92 Å². The summed E-state index contributed by atoms with van der Waals surface area (Å²) in [4.78, 5) is 0. The highest BCUT2D eigenvalue weighted by molar-refractivity contribution is 5.26. The molecule has 4 saturated carbocycles. The summed E-state index contributed by atoms with van der Waals surface area (Å²) in [6.07, 6.45) is 12.2. The molecule has 192 valence electrons. The van der Waals surface area contributed by atoms with Crippen LogP contribution in [0.5, 0.6) is 0 Å². The first-order valence-corrected chi connectivity index (χ1v) is 14.2. The quantitative estimate of drug-likeness (QED) is 0.611. The third kappa shape index (κ3) is 2.74. The summed E-state index contributed by atoms with van der Waals surface area (Å²) in [5, 5.41) is 0. The minimum Gasteiger partial charge on any atom is -0.380 e. The van der Waals surface area contributed by atoms with E-state index in [4.69, 9.17) is 29.4 Å². The second kappa shape index (κ2) is 7.41. The summed E-state index contributed by atoms with van der Waals surface area (Å²) < 4.78 is 31.6. The highest BCUT2D eigenvalue weighted by Crippen LogP contribution is 2.78. The van der Waals surface area contributed by atoms with E-state index in [0.717, 1.165) is 31.3 Å². The van der Waals surface area contributed by atoms with Gasteiger partial charge in [0.2, 0.25) is 0 Å². The number of methoxy groups -OCH3 is 1. The van der Waals surface area contributed by atoms with Crippen molar-refractivity contribution in [1.29, 1.82) is 0 Å². The molecule has 3 heterocycles. The Kier molecular flexibility index (Phi) is 5.00. The van der Waals surface area contributed by atoms with E-state index < -0.39 is 0 Å². The van der Waals surface area contributed by atoms with Gasteiger partial charge in [0.15, 0.2) is 12.1 Å². The van der Waals surface area contributed by atoms with Gasteiger partial charge in [-0.2, -0.15) is 0 Å². The Hall–Kier alpha value is -0.240. The molecule has 7 rings (SSSR count). The topological polar surface area (TPSA) is 72.2 Å². The Bertz CT molecular complexity index is 840. The molecule has 34 heavy (non-hydrogen) atoms. The highest BCUT2D eigenvalue weighted by Gasteiger charge is 2.81. The minimum atomic E-state index is -0.309. The summed E-state index contributed by atoms with van der Waals surface area (Å²) in [6.45, 7) is 7.85. The zero-order valence-electron chi connectivity index (χ0n) is 21.6. The molecule has 0 aromatic carbocycles. The summed E-state index contributed by atoms with van der Waals surface area (Å²) >= 11 is 0. The predicted molar refractivity (Wildman–Crippen MR) is 127 cm³/mol. The van der Waals surface area contributed by atoms with Crippen LogP contribution in [-0.4, -0.2) is 55.7 Å². The summed E-state index contributed by atoms with van der Waals surface area (Å²) in [5.74, 6) is 2.54. The van der Waals surface area contributed by atoms with Crippen LogP contribution in [0.25, 0.3) is 0 Å². The fourth-order valence-corrected chi connectivity index (χ4v) is 10.8. The maximum Gasteiger partial charge on any atom is 0.169 e. The molecule has 2 N–H and O–H groups in total. The fourth-order valence-electron chi connectivity index (χ4n) is 10.8. The third-order valence-corrected chi connectivity index (χ3v) is 12.5. The van der Waals surface area contributed by atoms with Crippen LogP contribution in [0, 0.1) is 34.5 Å². The van der Waals surface area contributed by atoms with E-state index in [2.05, 4.69) is 13.8 Å². The van der Waals surface area contributed by atoms with Gasteiger partial charge in [0.25, 0.3) is 0 Å². The van der Waals surface area contributed by atoms with Gasteiger partial charge < -0.3 is 29.4 Å². The normalized spacial score (nSPS) is 62.2. The predicted octanol–water partition coefficient (Wildman–Crippen LogP) is 4.39. The lowest BCUT2D eigenvalue weighted by Gasteiger charge is -2.64. The molecule has 0 aromatic rings. The maximum atomic E-state index is 7.00. The van der Waals surface area contributed by atoms with E-state index in [1.54, 1.807) is 7.11 Å². The fraction of sp³-hybridized carbons (Fsp3) is 1.00. The molecular formula is C28H45NO5. The standard InChI is InChI=1S/C28H45NO5/c1-16-24(29)21(30-4)14-23(32-16)33-18-7-10-25(2)17(13-18)5-6-20-19(25)8-11-27-15-31-26(3)22(27)9-12-28(20,27)34-26/h16-24H,5-15,29H2,1-4H3/t16-,17-,18-,19+,20+,21+,22+,23+,24-,25+,26-,27-,28-/m0/s1.